The van der Waals surface area contributed by atoms with Crippen molar-refractivity contribution < 1.29 is 22.7 Å². The molecule has 150 valence electrons. The first-order valence-electron chi connectivity index (χ1n) is 9.03. The SMILES string of the molecule is CCCCCN(C)/C=C\c1cc(-c2ccc(OC(F)F)cn2)cc(F)c1C=O. The fourth-order valence-electron chi connectivity index (χ4n) is 2.67. The predicted octanol–water partition coefficient (Wildman–Crippen LogP) is 5.39. The Morgan fingerprint density at radius 2 is 2.04 bits per heavy atom. The maximum atomic E-state index is 14.4. The molecule has 1 aromatic carbocycles. The number of hydrogen-bond acceptors (Lipinski definition) is 4. The summed E-state index contributed by atoms with van der Waals surface area (Å²) in [5.41, 5.74) is 1.19. The number of rotatable bonds is 10. The molecule has 1 aromatic heterocycles. The molecule has 7 heteroatoms. The van der Waals surface area contributed by atoms with Gasteiger partial charge >= 0.3 is 6.61 Å². The number of ether oxygens (including phenoxy) is 1. The molecule has 0 saturated heterocycles. The van der Waals surface area contributed by atoms with Crippen molar-refractivity contribution in [2.75, 3.05) is 13.6 Å². The van der Waals surface area contributed by atoms with E-state index in [0.717, 1.165) is 32.0 Å². The Bertz CT molecular complexity index is 808. The molecule has 2 rings (SSSR count). The van der Waals surface area contributed by atoms with Gasteiger partial charge in [0.1, 0.15) is 11.6 Å². The largest absolute Gasteiger partial charge is 0.433 e. The van der Waals surface area contributed by atoms with Gasteiger partial charge in [0.25, 0.3) is 0 Å². The van der Waals surface area contributed by atoms with E-state index >= 15 is 0 Å². The number of nitrogens with zero attached hydrogens (tertiary/aromatic N) is 2. The molecule has 0 unspecified atom stereocenters. The fraction of sp³-hybridized carbons (Fsp3) is 0.333. The molecule has 0 aliphatic rings. The van der Waals surface area contributed by atoms with Crippen LogP contribution in [0.15, 0.2) is 36.7 Å². The molecule has 0 spiro atoms. The lowest BCUT2D eigenvalue weighted by Crippen LogP contribution is -2.11. The summed E-state index contributed by atoms with van der Waals surface area (Å²) in [6.45, 7) is 0.0413. The molecule has 4 nitrogen and oxygen atoms in total. The number of carbonyl (C=O) groups is 1. The van der Waals surface area contributed by atoms with Crippen LogP contribution in [0.2, 0.25) is 0 Å². The van der Waals surface area contributed by atoms with Crippen molar-refractivity contribution in [2.24, 2.45) is 0 Å². The second kappa shape index (κ2) is 10.5. The van der Waals surface area contributed by atoms with Gasteiger partial charge in [0.05, 0.1) is 17.5 Å². The van der Waals surface area contributed by atoms with E-state index in [0.29, 0.717) is 23.1 Å². The maximum Gasteiger partial charge on any atom is 0.387 e. The van der Waals surface area contributed by atoms with Gasteiger partial charge < -0.3 is 9.64 Å². The zero-order valence-corrected chi connectivity index (χ0v) is 15.9. The highest BCUT2D eigenvalue weighted by Crippen LogP contribution is 2.25. The number of carbonyl (C=O) groups excluding carboxylic acids is 1. The molecule has 0 atom stereocenters. The van der Waals surface area contributed by atoms with E-state index in [2.05, 4.69) is 16.6 Å². The van der Waals surface area contributed by atoms with E-state index in [1.165, 1.54) is 18.2 Å². The molecule has 0 aliphatic carbocycles. The topological polar surface area (TPSA) is 42.4 Å². The standard InChI is InChI=1S/C21H23F3N2O2/c1-3-4-5-9-26(2)10-8-15-11-16(12-19(22)18(15)14-27)20-7-6-17(13-25-20)28-21(23)24/h6-8,10-14,21H,3-5,9H2,1-2H3/b10-8-. The van der Waals surface area contributed by atoms with E-state index in [-0.39, 0.29) is 11.3 Å². The van der Waals surface area contributed by atoms with E-state index in [1.807, 2.05) is 11.9 Å². The van der Waals surface area contributed by atoms with E-state index < -0.39 is 12.4 Å². The Hall–Kier alpha value is -2.83. The van der Waals surface area contributed by atoms with Crippen LogP contribution in [0.25, 0.3) is 17.3 Å². The van der Waals surface area contributed by atoms with Crippen LogP contribution in [0.1, 0.15) is 42.1 Å². The molecule has 0 N–H and O–H groups in total. The molecule has 1 heterocycles. The van der Waals surface area contributed by atoms with Gasteiger partial charge in [-0.15, -0.1) is 0 Å². The van der Waals surface area contributed by atoms with Gasteiger partial charge in [0.15, 0.2) is 6.29 Å². The van der Waals surface area contributed by atoms with Crippen molar-refractivity contribution in [2.45, 2.75) is 32.8 Å². The average molecular weight is 392 g/mol. The van der Waals surface area contributed by atoms with Gasteiger partial charge in [0.2, 0.25) is 0 Å². The molecule has 2 aromatic rings. The van der Waals surface area contributed by atoms with Gasteiger partial charge in [-0.1, -0.05) is 19.8 Å². The molecule has 0 aliphatic heterocycles. The Kier molecular flexibility index (Phi) is 8.04. The third-order valence-corrected chi connectivity index (χ3v) is 4.16. The first-order valence-corrected chi connectivity index (χ1v) is 9.03. The number of aldehydes is 1. The van der Waals surface area contributed by atoms with E-state index in [9.17, 15) is 18.0 Å². The maximum absolute atomic E-state index is 14.4. The van der Waals surface area contributed by atoms with Gasteiger partial charge in [-0.25, -0.2) is 4.39 Å². The Labute approximate surface area is 162 Å². The molecule has 0 fully saturated rings. The normalized spacial score (nSPS) is 11.2. The minimum atomic E-state index is -2.94. The smallest absolute Gasteiger partial charge is 0.387 e. The Balaban J connectivity index is 2.26. The first-order chi connectivity index (χ1) is 13.4. The fourth-order valence-corrected chi connectivity index (χ4v) is 2.67. The van der Waals surface area contributed by atoms with Crippen molar-refractivity contribution in [3.05, 3.63) is 53.6 Å². The minimum Gasteiger partial charge on any atom is -0.433 e. The lowest BCUT2D eigenvalue weighted by Gasteiger charge is -2.14. The highest BCUT2D eigenvalue weighted by Gasteiger charge is 2.12. The Morgan fingerprint density at radius 3 is 2.64 bits per heavy atom. The van der Waals surface area contributed by atoms with Crippen LogP contribution >= 0.6 is 0 Å². The summed E-state index contributed by atoms with van der Waals surface area (Å²) in [7, 11) is 1.91. The number of alkyl halides is 2. The molecule has 0 amide bonds. The third-order valence-electron chi connectivity index (χ3n) is 4.16. The number of unbranched alkanes of at least 4 members (excludes halogenated alkanes) is 2. The van der Waals surface area contributed by atoms with Gasteiger partial charge in [-0.3, -0.25) is 9.78 Å². The molecule has 0 radical (unpaired) electrons. The summed E-state index contributed by atoms with van der Waals surface area (Å²) in [6.07, 6.45) is 8.38. The van der Waals surface area contributed by atoms with Crippen molar-refractivity contribution in [3.63, 3.8) is 0 Å². The second-order valence-corrected chi connectivity index (χ2v) is 6.34. The summed E-state index contributed by atoms with van der Waals surface area (Å²) in [4.78, 5) is 17.3. The third kappa shape index (κ3) is 6.11. The van der Waals surface area contributed by atoms with Crippen LogP contribution in [-0.2, 0) is 0 Å². The number of pyridine rings is 1. The first kappa shape index (κ1) is 21.5. The summed E-state index contributed by atoms with van der Waals surface area (Å²) in [5.74, 6) is -0.756. The van der Waals surface area contributed by atoms with Crippen LogP contribution in [-0.4, -0.2) is 36.4 Å². The second-order valence-electron chi connectivity index (χ2n) is 6.34. The summed E-state index contributed by atoms with van der Waals surface area (Å²) >= 11 is 0. The van der Waals surface area contributed by atoms with Gasteiger partial charge in [-0.05, 0) is 48.5 Å². The lowest BCUT2D eigenvalue weighted by atomic mass is 10.0. The number of aromatic nitrogens is 1. The minimum absolute atomic E-state index is 0.0420. The van der Waals surface area contributed by atoms with Crippen LogP contribution in [0.4, 0.5) is 13.2 Å². The lowest BCUT2D eigenvalue weighted by molar-refractivity contribution is -0.0500. The van der Waals surface area contributed by atoms with Gasteiger partial charge in [-0.2, -0.15) is 8.78 Å². The molecular formula is C21H23F3N2O2. The van der Waals surface area contributed by atoms with Crippen molar-refractivity contribution in [1.29, 1.82) is 0 Å². The molecule has 0 saturated carbocycles. The zero-order chi connectivity index (χ0) is 20.5. The summed E-state index contributed by atoms with van der Waals surface area (Å²) in [6, 6.07) is 5.62. The van der Waals surface area contributed by atoms with Crippen molar-refractivity contribution in [3.8, 4) is 17.0 Å². The van der Waals surface area contributed by atoms with Crippen LogP contribution in [0, 0.1) is 5.82 Å². The van der Waals surface area contributed by atoms with E-state index in [4.69, 9.17) is 0 Å². The highest BCUT2D eigenvalue weighted by molar-refractivity contribution is 5.84. The average Bonchev–Trinajstić information content (AvgIpc) is 2.66. The van der Waals surface area contributed by atoms with Crippen LogP contribution < -0.4 is 4.74 Å². The number of halogens is 3. The van der Waals surface area contributed by atoms with Crippen LogP contribution in [0.5, 0.6) is 5.75 Å². The number of benzene rings is 1. The molecule has 0 bridgehead atoms. The highest BCUT2D eigenvalue weighted by atomic mass is 19.3. The van der Waals surface area contributed by atoms with Gasteiger partial charge in [0, 0.05) is 19.2 Å². The summed E-state index contributed by atoms with van der Waals surface area (Å²) < 4.78 is 43.1. The zero-order valence-electron chi connectivity index (χ0n) is 15.9. The molecular weight excluding hydrogens is 369 g/mol. The van der Waals surface area contributed by atoms with E-state index in [1.54, 1.807) is 18.3 Å². The van der Waals surface area contributed by atoms with Crippen molar-refractivity contribution in [1.82, 2.24) is 9.88 Å². The quantitative estimate of drug-likeness (QED) is 0.401. The Morgan fingerprint density at radius 1 is 1.25 bits per heavy atom. The number of hydrogen-bond donors (Lipinski definition) is 0. The summed E-state index contributed by atoms with van der Waals surface area (Å²) in [5, 5.41) is 0. The van der Waals surface area contributed by atoms with Crippen LogP contribution in [0.3, 0.4) is 0 Å². The van der Waals surface area contributed by atoms with Crippen molar-refractivity contribution >= 4 is 12.4 Å². The predicted molar refractivity (Wildman–Crippen MR) is 103 cm³/mol. The molecule has 28 heavy (non-hydrogen) atoms. The monoisotopic (exact) mass is 392 g/mol.